The summed E-state index contributed by atoms with van der Waals surface area (Å²) in [5.41, 5.74) is 0.640. The molecule has 0 spiro atoms. The molecule has 0 bridgehead atoms. The Morgan fingerprint density at radius 2 is 1.86 bits per heavy atom. The van der Waals surface area contributed by atoms with Crippen molar-refractivity contribution in [3.8, 4) is 11.5 Å². The molecule has 0 atom stereocenters. The molecule has 3 rings (SSSR count). The Kier molecular flexibility index (Phi) is 5.90. The lowest BCUT2D eigenvalue weighted by molar-refractivity contribution is 0.0698. The molecule has 0 aliphatic rings. The number of nitrogens with one attached hydrogen (secondary N) is 1. The molecule has 2 aromatic carbocycles. The van der Waals surface area contributed by atoms with Gasteiger partial charge in [-0.25, -0.2) is 13.2 Å². The second-order valence-corrected chi connectivity index (χ2v) is 8.90. The van der Waals surface area contributed by atoms with E-state index in [4.69, 9.17) is 4.74 Å². The maximum atomic E-state index is 12.6. The van der Waals surface area contributed by atoms with Crippen molar-refractivity contribution < 1.29 is 28.2 Å². The van der Waals surface area contributed by atoms with Crippen molar-refractivity contribution in [2.75, 3.05) is 11.8 Å². The summed E-state index contributed by atoms with van der Waals surface area (Å²) in [6, 6.07) is 13.8. The fraction of sp³-hybridized carbons (Fsp3) is 0.0500. The predicted octanol–water partition coefficient (Wildman–Crippen LogP) is 4.13. The molecule has 0 unspecified atom stereocenters. The number of para-hydroxylation sites is 1. The first-order chi connectivity index (χ1) is 13.8. The van der Waals surface area contributed by atoms with Crippen LogP contribution in [0.15, 0.2) is 58.8 Å². The Labute approximate surface area is 171 Å². The number of thiophene rings is 1. The van der Waals surface area contributed by atoms with Gasteiger partial charge in [-0.05, 0) is 48.0 Å². The number of hydrogen-bond acceptors (Lipinski definition) is 6. The molecular weight excluding hydrogens is 414 g/mol. The first-order valence-corrected chi connectivity index (χ1v) is 10.6. The van der Waals surface area contributed by atoms with E-state index < -0.39 is 16.0 Å². The zero-order valence-electron chi connectivity index (χ0n) is 15.2. The molecule has 7 nitrogen and oxygen atoms in total. The van der Waals surface area contributed by atoms with Gasteiger partial charge >= 0.3 is 5.97 Å². The lowest BCUT2D eigenvalue weighted by atomic mass is 10.2. The van der Waals surface area contributed by atoms with E-state index in [0.29, 0.717) is 10.6 Å². The minimum absolute atomic E-state index is 0.00156. The number of carboxylic acids is 1. The molecule has 150 valence electrons. The highest BCUT2D eigenvalue weighted by atomic mass is 32.2. The zero-order chi connectivity index (χ0) is 21.0. The number of methoxy groups -OCH3 is 1. The van der Waals surface area contributed by atoms with Gasteiger partial charge in [0.05, 0.1) is 18.4 Å². The predicted molar refractivity (Wildman–Crippen MR) is 112 cm³/mol. The van der Waals surface area contributed by atoms with Crippen LogP contribution >= 0.6 is 11.3 Å². The molecule has 3 aromatic rings. The lowest BCUT2D eigenvalue weighted by Crippen LogP contribution is -2.14. The van der Waals surface area contributed by atoms with Crippen molar-refractivity contribution in [1.29, 1.82) is 0 Å². The number of phenols is 1. The van der Waals surface area contributed by atoms with E-state index >= 15 is 0 Å². The Balaban J connectivity index is 1.81. The Morgan fingerprint density at radius 1 is 1.10 bits per heavy atom. The van der Waals surface area contributed by atoms with E-state index in [9.17, 15) is 23.4 Å². The van der Waals surface area contributed by atoms with Crippen molar-refractivity contribution in [3.63, 3.8) is 0 Å². The molecule has 29 heavy (non-hydrogen) atoms. The second kappa shape index (κ2) is 8.38. The number of hydrogen-bond donors (Lipinski definition) is 3. The van der Waals surface area contributed by atoms with E-state index in [-0.39, 0.29) is 21.2 Å². The van der Waals surface area contributed by atoms with Gasteiger partial charge < -0.3 is 14.9 Å². The fourth-order valence-corrected chi connectivity index (χ4v) is 4.81. The van der Waals surface area contributed by atoms with Crippen LogP contribution in [0.4, 0.5) is 5.69 Å². The number of aromatic carboxylic acids is 1. The van der Waals surface area contributed by atoms with Crippen molar-refractivity contribution >= 4 is 45.2 Å². The van der Waals surface area contributed by atoms with Gasteiger partial charge in [0, 0.05) is 4.88 Å². The van der Waals surface area contributed by atoms with Crippen LogP contribution in [-0.4, -0.2) is 31.7 Å². The summed E-state index contributed by atoms with van der Waals surface area (Å²) in [4.78, 5) is 12.0. The summed E-state index contributed by atoms with van der Waals surface area (Å²) in [6.45, 7) is 0. The molecule has 0 radical (unpaired) electrons. The summed E-state index contributed by atoms with van der Waals surface area (Å²) in [5.74, 6) is -0.854. The number of rotatable bonds is 7. The first kappa shape index (κ1) is 20.4. The van der Waals surface area contributed by atoms with Crippen LogP contribution in [0.1, 0.15) is 20.8 Å². The van der Waals surface area contributed by atoms with Crippen molar-refractivity contribution in [2.45, 2.75) is 4.21 Å². The van der Waals surface area contributed by atoms with E-state index in [1.807, 2.05) is 0 Å². The van der Waals surface area contributed by atoms with Gasteiger partial charge in [-0.3, -0.25) is 4.72 Å². The van der Waals surface area contributed by atoms with Gasteiger partial charge in [0.15, 0.2) is 11.5 Å². The number of anilines is 1. The van der Waals surface area contributed by atoms with Crippen molar-refractivity contribution in [3.05, 3.63) is 70.6 Å². The normalized spacial score (nSPS) is 11.5. The highest BCUT2D eigenvalue weighted by molar-refractivity contribution is 7.94. The van der Waals surface area contributed by atoms with Crippen LogP contribution < -0.4 is 9.46 Å². The molecular formula is C20H17NO6S2. The SMILES string of the molecule is COc1cc(/C=C/c2ccc(S(=O)(=O)Nc3ccccc3C(=O)O)s2)ccc1O. The van der Waals surface area contributed by atoms with Gasteiger partial charge in [-0.1, -0.05) is 24.3 Å². The maximum absolute atomic E-state index is 12.6. The molecule has 0 saturated carbocycles. The molecule has 1 heterocycles. The lowest BCUT2D eigenvalue weighted by Gasteiger charge is -2.08. The van der Waals surface area contributed by atoms with Crippen LogP contribution in [0.5, 0.6) is 11.5 Å². The average molecular weight is 431 g/mol. The molecule has 0 saturated heterocycles. The minimum Gasteiger partial charge on any atom is -0.504 e. The van der Waals surface area contributed by atoms with Crippen LogP contribution in [0, 0.1) is 0 Å². The van der Waals surface area contributed by atoms with Crippen molar-refractivity contribution in [1.82, 2.24) is 0 Å². The molecule has 1 aromatic heterocycles. The molecule has 0 aliphatic carbocycles. The van der Waals surface area contributed by atoms with Crippen LogP contribution in [-0.2, 0) is 10.0 Å². The number of ether oxygens (including phenoxy) is 1. The standard InChI is InChI=1S/C20H17NO6S2/c1-27-18-12-13(7-10-17(18)22)6-8-14-9-11-19(28-14)29(25,26)21-16-5-3-2-4-15(16)20(23)24/h2-12,21-22H,1H3,(H,23,24)/b8-6+. The monoisotopic (exact) mass is 431 g/mol. The average Bonchev–Trinajstić information content (AvgIpc) is 3.17. The van der Waals surface area contributed by atoms with Gasteiger partial charge in [-0.2, -0.15) is 0 Å². The molecule has 0 aliphatic heterocycles. The van der Waals surface area contributed by atoms with Crippen LogP contribution in [0.2, 0.25) is 0 Å². The van der Waals surface area contributed by atoms with E-state index in [0.717, 1.165) is 16.9 Å². The maximum Gasteiger partial charge on any atom is 0.337 e. The third kappa shape index (κ3) is 4.76. The molecule has 3 N–H and O–H groups in total. The number of carboxylic acid groups (broad SMARTS) is 1. The number of carbonyl (C=O) groups is 1. The molecule has 9 heteroatoms. The summed E-state index contributed by atoms with van der Waals surface area (Å²) < 4.78 is 32.7. The van der Waals surface area contributed by atoms with Crippen LogP contribution in [0.3, 0.4) is 0 Å². The number of benzene rings is 2. The van der Waals surface area contributed by atoms with Gasteiger partial charge in [0.25, 0.3) is 10.0 Å². The third-order valence-electron chi connectivity index (χ3n) is 3.91. The third-order valence-corrected chi connectivity index (χ3v) is 6.82. The van der Waals surface area contributed by atoms with E-state index in [1.165, 1.54) is 37.4 Å². The van der Waals surface area contributed by atoms with Gasteiger partial charge in [0.2, 0.25) is 0 Å². The van der Waals surface area contributed by atoms with Gasteiger partial charge in [0.1, 0.15) is 4.21 Å². The van der Waals surface area contributed by atoms with Crippen LogP contribution in [0.25, 0.3) is 12.2 Å². The molecule has 0 fully saturated rings. The topological polar surface area (TPSA) is 113 Å². The summed E-state index contributed by atoms with van der Waals surface area (Å²) in [5, 5.41) is 18.8. The smallest absolute Gasteiger partial charge is 0.337 e. The summed E-state index contributed by atoms with van der Waals surface area (Å²) >= 11 is 1.04. The largest absolute Gasteiger partial charge is 0.504 e. The van der Waals surface area contributed by atoms with E-state index in [1.54, 1.807) is 36.4 Å². The Hall–Kier alpha value is -3.30. The zero-order valence-corrected chi connectivity index (χ0v) is 16.8. The highest BCUT2D eigenvalue weighted by Gasteiger charge is 2.19. The molecule has 0 amide bonds. The summed E-state index contributed by atoms with van der Waals surface area (Å²) in [7, 11) is -2.48. The Bertz CT molecular complexity index is 1180. The Morgan fingerprint density at radius 3 is 2.59 bits per heavy atom. The van der Waals surface area contributed by atoms with Gasteiger partial charge in [-0.15, -0.1) is 11.3 Å². The van der Waals surface area contributed by atoms with E-state index in [2.05, 4.69) is 4.72 Å². The minimum atomic E-state index is -3.93. The fourth-order valence-electron chi connectivity index (χ4n) is 2.50. The second-order valence-electron chi connectivity index (χ2n) is 5.88. The number of sulfonamides is 1. The number of phenolic OH excluding ortho intramolecular Hbond substituents is 1. The number of aromatic hydroxyl groups is 1. The highest BCUT2D eigenvalue weighted by Crippen LogP contribution is 2.29. The van der Waals surface area contributed by atoms with Crippen molar-refractivity contribution in [2.24, 2.45) is 0 Å². The first-order valence-electron chi connectivity index (χ1n) is 8.30. The summed E-state index contributed by atoms with van der Waals surface area (Å²) in [6.07, 6.45) is 3.50. The quantitative estimate of drug-likeness (QED) is 0.518.